The number of carbonyl (C=O) groups excluding carboxylic acids is 1. The fourth-order valence-corrected chi connectivity index (χ4v) is 2.90. The lowest BCUT2D eigenvalue weighted by atomic mass is 10.1. The van der Waals surface area contributed by atoms with Gasteiger partial charge in [-0.05, 0) is 31.1 Å². The molecule has 2 saturated carbocycles. The molecule has 1 amide bonds. The molecule has 0 radical (unpaired) electrons. The Hall–Kier alpha value is -0.610. The second-order valence-electron chi connectivity index (χ2n) is 4.83. The van der Waals surface area contributed by atoms with Crippen LogP contribution in [-0.4, -0.2) is 32.2 Å². The molecule has 0 aromatic rings. The molecule has 92 valence electrons. The van der Waals surface area contributed by atoms with Crippen LogP contribution >= 0.6 is 0 Å². The molecular formula is C12H22N2O2. The summed E-state index contributed by atoms with van der Waals surface area (Å²) in [6.45, 7) is 2.60. The summed E-state index contributed by atoms with van der Waals surface area (Å²) < 4.78 is 5.24. The minimum Gasteiger partial charge on any atom is -0.380 e. The number of amides is 1. The molecule has 2 aliphatic rings. The van der Waals surface area contributed by atoms with E-state index in [1.54, 1.807) is 0 Å². The number of hydrogen-bond acceptors (Lipinski definition) is 3. The predicted octanol–water partition coefficient (Wildman–Crippen LogP) is 0.514. The predicted molar refractivity (Wildman–Crippen MR) is 61.8 cm³/mol. The van der Waals surface area contributed by atoms with E-state index in [-0.39, 0.29) is 5.91 Å². The Morgan fingerprint density at radius 3 is 2.75 bits per heavy atom. The first-order valence-electron chi connectivity index (χ1n) is 6.40. The van der Waals surface area contributed by atoms with Gasteiger partial charge in [-0.15, -0.1) is 0 Å². The first-order valence-corrected chi connectivity index (χ1v) is 6.40. The van der Waals surface area contributed by atoms with Gasteiger partial charge in [0.2, 0.25) is 5.91 Å². The van der Waals surface area contributed by atoms with Gasteiger partial charge in [-0.1, -0.05) is 6.42 Å². The zero-order chi connectivity index (χ0) is 11.4. The van der Waals surface area contributed by atoms with Gasteiger partial charge in [0.25, 0.3) is 0 Å². The lowest BCUT2D eigenvalue weighted by Gasteiger charge is -2.06. The molecule has 0 spiro atoms. The zero-order valence-electron chi connectivity index (χ0n) is 9.78. The number of ether oxygens (including phenoxy) is 1. The average molecular weight is 226 g/mol. The molecule has 0 aliphatic heterocycles. The first kappa shape index (κ1) is 11.9. The van der Waals surface area contributed by atoms with Gasteiger partial charge >= 0.3 is 0 Å². The van der Waals surface area contributed by atoms with E-state index in [1.165, 1.54) is 19.3 Å². The van der Waals surface area contributed by atoms with E-state index in [4.69, 9.17) is 10.5 Å². The molecule has 16 heavy (non-hydrogen) atoms. The van der Waals surface area contributed by atoms with Crippen LogP contribution in [0.25, 0.3) is 0 Å². The Labute approximate surface area is 96.9 Å². The summed E-state index contributed by atoms with van der Waals surface area (Å²) in [7, 11) is 0. The third-order valence-electron chi connectivity index (χ3n) is 3.74. The number of rotatable bonds is 7. The molecule has 2 atom stereocenters. The summed E-state index contributed by atoms with van der Waals surface area (Å²) in [5.74, 6) is 2.05. The van der Waals surface area contributed by atoms with E-state index in [2.05, 4.69) is 5.32 Å². The number of nitrogens with two attached hydrogens (primary N) is 1. The van der Waals surface area contributed by atoms with Crippen LogP contribution in [0.3, 0.4) is 0 Å². The minimum absolute atomic E-state index is 0.272. The fourth-order valence-electron chi connectivity index (χ4n) is 2.90. The van der Waals surface area contributed by atoms with Crippen LogP contribution in [0, 0.1) is 17.8 Å². The monoisotopic (exact) mass is 226 g/mol. The quantitative estimate of drug-likeness (QED) is 0.622. The molecule has 0 bridgehead atoms. The highest BCUT2D eigenvalue weighted by Gasteiger charge is 2.56. The van der Waals surface area contributed by atoms with Crippen molar-refractivity contribution < 1.29 is 9.53 Å². The molecule has 0 heterocycles. The highest BCUT2D eigenvalue weighted by Crippen LogP contribution is 2.57. The molecule has 0 saturated heterocycles. The molecular weight excluding hydrogens is 204 g/mol. The van der Waals surface area contributed by atoms with Crippen molar-refractivity contribution in [2.24, 2.45) is 23.5 Å². The van der Waals surface area contributed by atoms with Crippen LogP contribution in [-0.2, 0) is 9.53 Å². The van der Waals surface area contributed by atoms with Crippen molar-refractivity contribution in [2.45, 2.75) is 25.7 Å². The minimum atomic E-state index is 0.272. The third kappa shape index (κ3) is 2.74. The fraction of sp³-hybridized carbons (Fsp3) is 0.917. The molecule has 2 unspecified atom stereocenters. The van der Waals surface area contributed by atoms with Crippen molar-refractivity contribution in [1.29, 1.82) is 0 Å². The number of hydrogen-bond donors (Lipinski definition) is 2. The van der Waals surface area contributed by atoms with Crippen molar-refractivity contribution in [2.75, 3.05) is 26.3 Å². The van der Waals surface area contributed by atoms with E-state index < -0.39 is 0 Å². The van der Waals surface area contributed by atoms with E-state index in [0.29, 0.717) is 37.5 Å². The Morgan fingerprint density at radius 2 is 2.06 bits per heavy atom. The summed E-state index contributed by atoms with van der Waals surface area (Å²) >= 11 is 0. The Kier molecular flexibility index (Phi) is 4.18. The topological polar surface area (TPSA) is 64.3 Å². The summed E-state index contributed by atoms with van der Waals surface area (Å²) in [6.07, 6.45) is 4.74. The van der Waals surface area contributed by atoms with Gasteiger partial charge in [-0.25, -0.2) is 0 Å². The van der Waals surface area contributed by atoms with Crippen LogP contribution < -0.4 is 11.1 Å². The van der Waals surface area contributed by atoms with E-state index in [1.807, 2.05) is 0 Å². The van der Waals surface area contributed by atoms with E-state index in [0.717, 1.165) is 13.0 Å². The molecule has 4 nitrogen and oxygen atoms in total. The van der Waals surface area contributed by atoms with E-state index in [9.17, 15) is 4.79 Å². The van der Waals surface area contributed by atoms with Crippen molar-refractivity contribution in [3.8, 4) is 0 Å². The maximum atomic E-state index is 11.7. The van der Waals surface area contributed by atoms with Gasteiger partial charge in [0.05, 0.1) is 6.61 Å². The van der Waals surface area contributed by atoms with Crippen LogP contribution in [0.2, 0.25) is 0 Å². The lowest BCUT2D eigenvalue weighted by molar-refractivity contribution is -0.123. The third-order valence-corrected chi connectivity index (χ3v) is 3.74. The molecule has 2 rings (SSSR count). The van der Waals surface area contributed by atoms with Gasteiger partial charge in [0.15, 0.2) is 0 Å². The molecule has 0 aromatic carbocycles. The van der Waals surface area contributed by atoms with Crippen molar-refractivity contribution >= 4 is 5.91 Å². The number of carbonyl (C=O) groups is 1. The molecule has 2 aliphatic carbocycles. The zero-order valence-corrected chi connectivity index (χ0v) is 9.78. The second kappa shape index (κ2) is 5.64. The van der Waals surface area contributed by atoms with Gasteiger partial charge in [-0.3, -0.25) is 4.79 Å². The van der Waals surface area contributed by atoms with Crippen LogP contribution in [0.5, 0.6) is 0 Å². The van der Waals surface area contributed by atoms with Crippen molar-refractivity contribution in [3.05, 3.63) is 0 Å². The SMILES string of the molecule is NCCOCCCNC(=O)C1C2CCCC21. The van der Waals surface area contributed by atoms with Gasteiger partial charge < -0.3 is 15.8 Å². The maximum absolute atomic E-state index is 11.7. The Morgan fingerprint density at radius 1 is 1.31 bits per heavy atom. The maximum Gasteiger partial charge on any atom is 0.223 e. The summed E-state index contributed by atoms with van der Waals surface area (Å²) in [5, 5.41) is 3.00. The highest BCUT2D eigenvalue weighted by atomic mass is 16.5. The largest absolute Gasteiger partial charge is 0.380 e. The molecule has 3 N–H and O–H groups in total. The Bertz CT molecular complexity index is 235. The van der Waals surface area contributed by atoms with Gasteiger partial charge in [-0.2, -0.15) is 0 Å². The lowest BCUT2D eigenvalue weighted by Crippen LogP contribution is -2.28. The summed E-state index contributed by atoms with van der Waals surface area (Å²) in [5.41, 5.74) is 5.30. The Balaban J connectivity index is 1.49. The number of fused-ring (bicyclic) bond motifs is 1. The first-order chi connectivity index (χ1) is 7.84. The summed E-state index contributed by atoms with van der Waals surface area (Å²) in [4.78, 5) is 11.7. The van der Waals surface area contributed by atoms with E-state index >= 15 is 0 Å². The second-order valence-corrected chi connectivity index (χ2v) is 4.83. The standard InChI is InChI=1S/C12H22N2O2/c13-5-8-16-7-2-6-14-12(15)11-9-3-1-4-10(9)11/h9-11H,1-8,13H2,(H,14,15). The highest BCUT2D eigenvalue weighted by molar-refractivity contribution is 5.82. The number of nitrogens with one attached hydrogen (secondary N) is 1. The summed E-state index contributed by atoms with van der Waals surface area (Å²) in [6, 6.07) is 0. The smallest absolute Gasteiger partial charge is 0.223 e. The van der Waals surface area contributed by atoms with Gasteiger partial charge in [0, 0.05) is 25.6 Å². The molecule has 4 heteroatoms. The molecule has 0 aromatic heterocycles. The van der Waals surface area contributed by atoms with Crippen LogP contribution in [0.15, 0.2) is 0 Å². The van der Waals surface area contributed by atoms with Crippen molar-refractivity contribution in [3.63, 3.8) is 0 Å². The van der Waals surface area contributed by atoms with Gasteiger partial charge in [0.1, 0.15) is 0 Å². The normalized spacial score (nSPS) is 31.2. The van der Waals surface area contributed by atoms with Crippen molar-refractivity contribution in [1.82, 2.24) is 5.32 Å². The van der Waals surface area contributed by atoms with Crippen LogP contribution in [0.4, 0.5) is 0 Å². The van der Waals surface area contributed by atoms with Crippen LogP contribution in [0.1, 0.15) is 25.7 Å². The molecule has 2 fully saturated rings. The average Bonchev–Trinajstić information content (AvgIpc) is 2.77.